The average molecular weight is 466 g/mol. The van der Waals surface area contributed by atoms with Gasteiger partial charge in [0.05, 0.1) is 38.2 Å². The van der Waals surface area contributed by atoms with Crippen molar-refractivity contribution in [1.82, 2.24) is 4.98 Å². The zero-order valence-electron chi connectivity index (χ0n) is 16.1. The van der Waals surface area contributed by atoms with Crippen LogP contribution in [-0.2, 0) is 35.0 Å². The number of benzene rings is 1. The molecule has 0 saturated carbocycles. The molecule has 2 aromatic rings. The van der Waals surface area contributed by atoms with Gasteiger partial charge in [0.2, 0.25) is 0 Å². The number of fused-ring (bicyclic) bond motifs is 1. The fourth-order valence-corrected chi connectivity index (χ4v) is 5.22. The van der Waals surface area contributed by atoms with E-state index >= 15 is 0 Å². The molecule has 1 amide bonds. The molecule has 1 aliphatic heterocycles. The fourth-order valence-electron chi connectivity index (χ4n) is 3.43. The van der Waals surface area contributed by atoms with Crippen LogP contribution in [0.1, 0.15) is 46.6 Å². The summed E-state index contributed by atoms with van der Waals surface area (Å²) in [6.45, 7) is 2.80. The number of rotatable bonds is 3. The molecule has 0 radical (unpaired) electrons. The number of alkyl halides is 6. The van der Waals surface area contributed by atoms with Gasteiger partial charge in [0.15, 0.2) is 9.84 Å². The standard InChI is InChI=1S/C19H16F6N2O3S/c1-3-14-15(7-10(8-26-14)18(20,21)22)27-17(28)11-4-5-13(19(23,24)25)12-6-9(2)31(29,30)16(11)12/h4-5,7-9H,3,6H2,1-2H3,(H,27,28). The van der Waals surface area contributed by atoms with Crippen molar-refractivity contribution in [1.29, 1.82) is 0 Å². The van der Waals surface area contributed by atoms with Gasteiger partial charge < -0.3 is 5.32 Å². The van der Waals surface area contributed by atoms with Gasteiger partial charge in [0, 0.05) is 6.20 Å². The highest BCUT2D eigenvalue weighted by Crippen LogP contribution is 2.42. The highest BCUT2D eigenvalue weighted by atomic mass is 32.2. The minimum Gasteiger partial charge on any atom is -0.320 e. The second-order valence-corrected chi connectivity index (χ2v) is 9.35. The minimum atomic E-state index is -4.83. The minimum absolute atomic E-state index is 0.0983. The largest absolute Gasteiger partial charge is 0.417 e. The zero-order valence-corrected chi connectivity index (χ0v) is 17.0. The Hall–Kier alpha value is -2.63. The number of carbonyl (C=O) groups excluding carboxylic acids is 1. The molecule has 0 saturated heterocycles. The number of amides is 1. The summed E-state index contributed by atoms with van der Waals surface area (Å²) in [5.74, 6) is -1.14. The third-order valence-corrected chi connectivity index (χ3v) is 7.26. The summed E-state index contributed by atoms with van der Waals surface area (Å²) in [6, 6.07) is 1.97. The van der Waals surface area contributed by atoms with Gasteiger partial charge in [-0.05, 0) is 43.5 Å². The van der Waals surface area contributed by atoms with E-state index in [2.05, 4.69) is 10.3 Å². The Kier molecular flexibility index (Phi) is 5.58. The van der Waals surface area contributed by atoms with Crippen molar-refractivity contribution in [3.63, 3.8) is 0 Å². The SMILES string of the molecule is CCc1ncc(C(F)(F)F)cc1NC(=O)c1ccc(C(F)(F)F)c2c1S(=O)(=O)C(C)C2. The van der Waals surface area contributed by atoms with Crippen LogP contribution in [-0.4, -0.2) is 24.6 Å². The van der Waals surface area contributed by atoms with Gasteiger partial charge in [0.25, 0.3) is 5.91 Å². The molecule has 1 atom stereocenters. The molecule has 1 aliphatic rings. The number of anilines is 1. The maximum absolute atomic E-state index is 13.3. The Morgan fingerprint density at radius 3 is 2.35 bits per heavy atom. The van der Waals surface area contributed by atoms with E-state index in [0.717, 1.165) is 6.07 Å². The molecule has 0 spiro atoms. The monoisotopic (exact) mass is 466 g/mol. The van der Waals surface area contributed by atoms with Crippen molar-refractivity contribution in [2.45, 2.75) is 49.2 Å². The van der Waals surface area contributed by atoms with Crippen LogP contribution >= 0.6 is 0 Å². The Morgan fingerprint density at radius 2 is 1.81 bits per heavy atom. The smallest absolute Gasteiger partial charge is 0.320 e. The predicted molar refractivity (Wildman–Crippen MR) is 98.4 cm³/mol. The number of pyridine rings is 1. The van der Waals surface area contributed by atoms with Crippen LogP contribution in [0.5, 0.6) is 0 Å². The van der Waals surface area contributed by atoms with Crippen LogP contribution in [0, 0.1) is 0 Å². The van der Waals surface area contributed by atoms with Crippen molar-refractivity contribution < 1.29 is 39.6 Å². The maximum Gasteiger partial charge on any atom is 0.417 e. The lowest BCUT2D eigenvalue weighted by Crippen LogP contribution is -2.20. The molecule has 1 N–H and O–H groups in total. The van der Waals surface area contributed by atoms with Crippen molar-refractivity contribution in [2.75, 3.05) is 5.32 Å². The first kappa shape index (κ1) is 23.0. The van der Waals surface area contributed by atoms with Crippen molar-refractivity contribution >= 4 is 21.4 Å². The maximum atomic E-state index is 13.3. The van der Waals surface area contributed by atoms with E-state index < -0.39 is 66.9 Å². The summed E-state index contributed by atoms with van der Waals surface area (Å²) in [5, 5.41) is 1.00. The van der Waals surface area contributed by atoms with E-state index in [1.54, 1.807) is 6.92 Å². The number of nitrogens with zero attached hydrogens (tertiary/aromatic N) is 1. The van der Waals surface area contributed by atoms with Gasteiger partial charge in [-0.3, -0.25) is 9.78 Å². The van der Waals surface area contributed by atoms with Gasteiger partial charge in [-0.25, -0.2) is 8.42 Å². The number of nitrogens with one attached hydrogen (secondary N) is 1. The van der Waals surface area contributed by atoms with Gasteiger partial charge in [-0.2, -0.15) is 26.3 Å². The van der Waals surface area contributed by atoms with Gasteiger partial charge in [-0.15, -0.1) is 0 Å². The molecule has 5 nitrogen and oxygen atoms in total. The summed E-state index contributed by atoms with van der Waals surface area (Å²) in [4.78, 5) is 15.7. The first-order chi connectivity index (χ1) is 14.2. The first-order valence-electron chi connectivity index (χ1n) is 9.02. The molecule has 1 unspecified atom stereocenters. The summed E-state index contributed by atoms with van der Waals surface area (Å²) < 4.78 is 104. The Labute approximate surface area is 173 Å². The van der Waals surface area contributed by atoms with E-state index in [1.165, 1.54) is 6.92 Å². The van der Waals surface area contributed by atoms with Crippen molar-refractivity contribution in [3.05, 3.63) is 52.3 Å². The molecule has 31 heavy (non-hydrogen) atoms. The quantitative estimate of drug-likeness (QED) is 0.669. The van der Waals surface area contributed by atoms with Crippen molar-refractivity contribution in [3.8, 4) is 0 Å². The highest BCUT2D eigenvalue weighted by Gasteiger charge is 2.44. The number of halogens is 6. The van der Waals surface area contributed by atoms with Crippen LogP contribution in [0.2, 0.25) is 0 Å². The van der Waals surface area contributed by atoms with Crippen LogP contribution in [0.4, 0.5) is 32.0 Å². The van der Waals surface area contributed by atoms with Gasteiger partial charge in [-0.1, -0.05) is 6.92 Å². The van der Waals surface area contributed by atoms with Crippen LogP contribution in [0.25, 0.3) is 0 Å². The van der Waals surface area contributed by atoms with E-state index in [0.29, 0.717) is 18.3 Å². The lowest BCUT2D eigenvalue weighted by atomic mass is 9.99. The number of carbonyl (C=O) groups is 1. The molecular formula is C19H16F6N2O3S. The summed E-state index contributed by atoms with van der Waals surface area (Å²) >= 11 is 0. The number of aromatic nitrogens is 1. The molecular weight excluding hydrogens is 450 g/mol. The third-order valence-electron chi connectivity index (χ3n) is 5.00. The van der Waals surface area contributed by atoms with E-state index in [9.17, 15) is 39.6 Å². The molecule has 1 aromatic heterocycles. The average Bonchev–Trinajstić information content (AvgIpc) is 2.88. The third kappa shape index (κ3) is 4.12. The molecule has 12 heteroatoms. The second-order valence-electron chi connectivity index (χ2n) is 7.05. The first-order valence-corrected chi connectivity index (χ1v) is 10.6. The topological polar surface area (TPSA) is 76.1 Å². The predicted octanol–water partition coefficient (Wildman–Crippen LogP) is 4.65. The van der Waals surface area contributed by atoms with E-state index in [-0.39, 0.29) is 17.8 Å². The lowest BCUT2D eigenvalue weighted by Gasteiger charge is -2.16. The summed E-state index contributed by atoms with van der Waals surface area (Å²) in [5.41, 5.74) is -3.60. The molecule has 0 fully saturated rings. The number of sulfone groups is 1. The van der Waals surface area contributed by atoms with E-state index in [1.807, 2.05) is 0 Å². The van der Waals surface area contributed by atoms with Gasteiger partial charge in [0.1, 0.15) is 0 Å². The molecule has 2 heterocycles. The van der Waals surface area contributed by atoms with Crippen LogP contribution < -0.4 is 5.32 Å². The molecule has 1 aromatic carbocycles. The lowest BCUT2D eigenvalue weighted by molar-refractivity contribution is -0.138. The highest BCUT2D eigenvalue weighted by molar-refractivity contribution is 7.92. The summed E-state index contributed by atoms with van der Waals surface area (Å²) in [6.07, 6.45) is -9.27. The fraction of sp³-hybridized carbons (Fsp3) is 0.368. The Balaban J connectivity index is 2.12. The molecule has 3 rings (SSSR count). The second kappa shape index (κ2) is 7.50. The molecule has 0 aliphatic carbocycles. The normalized spacial score (nSPS) is 18.0. The van der Waals surface area contributed by atoms with Crippen molar-refractivity contribution in [2.24, 2.45) is 0 Å². The van der Waals surface area contributed by atoms with Crippen LogP contribution in [0.3, 0.4) is 0 Å². The zero-order chi connectivity index (χ0) is 23.4. The number of hydrogen-bond donors (Lipinski definition) is 1. The van der Waals surface area contributed by atoms with Gasteiger partial charge >= 0.3 is 12.4 Å². The Bertz CT molecular complexity index is 1160. The number of hydrogen-bond acceptors (Lipinski definition) is 4. The molecule has 0 bridgehead atoms. The van der Waals surface area contributed by atoms with Crippen LogP contribution in [0.15, 0.2) is 29.3 Å². The number of aryl methyl sites for hydroxylation is 1. The summed E-state index contributed by atoms with van der Waals surface area (Å²) in [7, 11) is -4.24. The Morgan fingerprint density at radius 1 is 1.16 bits per heavy atom. The van der Waals surface area contributed by atoms with E-state index in [4.69, 9.17) is 0 Å². The molecule has 168 valence electrons.